The molecule has 0 unspecified atom stereocenters. The third kappa shape index (κ3) is 1.90. The van der Waals surface area contributed by atoms with Gasteiger partial charge in [-0.2, -0.15) is 0 Å². The number of nitrogen functional groups attached to an aromatic ring is 1. The van der Waals surface area contributed by atoms with Gasteiger partial charge in [-0.1, -0.05) is 12.1 Å². The lowest BCUT2D eigenvalue weighted by Crippen LogP contribution is -1.87. The van der Waals surface area contributed by atoms with Crippen LogP contribution in [0.4, 0.5) is 10.3 Å². The molecule has 0 saturated heterocycles. The summed E-state index contributed by atoms with van der Waals surface area (Å²) in [4.78, 5) is 3.95. The van der Waals surface area contributed by atoms with Crippen LogP contribution in [0.25, 0.3) is 0 Å². The van der Waals surface area contributed by atoms with E-state index in [0.29, 0.717) is 18.2 Å². The number of hydrogen-bond acceptors (Lipinski definition) is 3. The number of rotatable bonds is 2. The Labute approximate surface area is 80.4 Å². The fraction of sp³-hybridized carbons (Fsp3) is 0.100. The van der Waals surface area contributed by atoms with Crippen LogP contribution < -0.4 is 5.73 Å². The first-order valence-corrected chi connectivity index (χ1v) is 4.18. The van der Waals surface area contributed by atoms with Crippen LogP contribution in [0.1, 0.15) is 11.5 Å². The molecule has 0 amide bonds. The van der Waals surface area contributed by atoms with Crippen LogP contribution in [-0.4, -0.2) is 4.98 Å². The zero-order chi connectivity index (χ0) is 9.97. The molecule has 2 N–H and O–H groups in total. The number of hydrogen-bond donors (Lipinski definition) is 1. The van der Waals surface area contributed by atoms with Crippen molar-refractivity contribution in [3.8, 4) is 0 Å². The van der Waals surface area contributed by atoms with Gasteiger partial charge in [0.15, 0.2) is 0 Å². The average molecular weight is 192 g/mol. The molecule has 0 fully saturated rings. The third-order valence-corrected chi connectivity index (χ3v) is 1.84. The highest BCUT2D eigenvalue weighted by molar-refractivity contribution is 5.23. The van der Waals surface area contributed by atoms with Crippen LogP contribution in [0.3, 0.4) is 0 Å². The largest absolute Gasteiger partial charge is 0.425 e. The maximum atomic E-state index is 12.6. The van der Waals surface area contributed by atoms with E-state index in [9.17, 15) is 4.39 Å². The van der Waals surface area contributed by atoms with E-state index in [1.807, 2.05) is 0 Å². The van der Waals surface area contributed by atoms with E-state index in [2.05, 4.69) is 4.98 Å². The van der Waals surface area contributed by atoms with Gasteiger partial charge in [0.1, 0.15) is 5.82 Å². The molecule has 0 radical (unpaired) electrons. The first kappa shape index (κ1) is 8.74. The monoisotopic (exact) mass is 192 g/mol. The molecule has 14 heavy (non-hydrogen) atoms. The second kappa shape index (κ2) is 3.49. The minimum Gasteiger partial charge on any atom is -0.425 e. The molecule has 3 nitrogen and oxygen atoms in total. The molecule has 0 aliphatic carbocycles. The number of nitrogens with two attached hydrogens (primary N) is 1. The number of benzene rings is 1. The Morgan fingerprint density at radius 3 is 2.57 bits per heavy atom. The maximum absolute atomic E-state index is 12.6. The van der Waals surface area contributed by atoms with Crippen molar-refractivity contribution in [3.63, 3.8) is 0 Å². The molecule has 0 spiro atoms. The molecule has 1 heterocycles. The number of oxazole rings is 1. The van der Waals surface area contributed by atoms with Gasteiger partial charge in [-0.05, 0) is 17.7 Å². The lowest BCUT2D eigenvalue weighted by atomic mass is 10.1. The van der Waals surface area contributed by atoms with Crippen LogP contribution in [0, 0.1) is 5.82 Å². The van der Waals surface area contributed by atoms with Gasteiger partial charge in [0, 0.05) is 6.42 Å². The second-order valence-electron chi connectivity index (χ2n) is 2.96. The van der Waals surface area contributed by atoms with Crippen molar-refractivity contribution in [2.45, 2.75) is 6.42 Å². The summed E-state index contributed by atoms with van der Waals surface area (Å²) in [6.45, 7) is 0. The van der Waals surface area contributed by atoms with E-state index in [1.165, 1.54) is 18.3 Å². The molecule has 0 atom stereocenters. The van der Waals surface area contributed by atoms with Crippen LogP contribution >= 0.6 is 0 Å². The molecule has 2 rings (SSSR count). The van der Waals surface area contributed by atoms with Crippen LogP contribution in [0.2, 0.25) is 0 Å². The van der Waals surface area contributed by atoms with Crippen LogP contribution in [0.5, 0.6) is 0 Å². The van der Waals surface area contributed by atoms with E-state index in [1.54, 1.807) is 12.1 Å². The van der Waals surface area contributed by atoms with Gasteiger partial charge < -0.3 is 10.2 Å². The van der Waals surface area contributed by atoms with Crippen LogP contribution in [0.15, 0.2) is 34.9 Å². The molecular weight excluding hydrogens is 183 g/mol. The molecule has 1 aromatic heterocycles. The topological polar surface area (TPSA) is 52.0 Å². The minimum atomic E-state index is -0.249. The highest BCUT2D eigenvalue weighted by Gasteiger charge is 2.02. The Hall–Kier alpha value is -1.84. The second-order valence-corrected chi connectivity index (χ2v) is 2.96. The van der Waals surface area contributed by atoms with E-state index < -0.39 is 0 Å². The summed E-state index contributed by atoms with van der Waals surface area (Å²) in [7, 11) is 0. The van der Waals surface area contributed by atoms with E-state index in [4.69, 9.17) is 10.2 Å². The molecule has 2 aromatic rings. The number of nitrogens with zero attached hydrogens (tertiary/aromatic N) is 1. The molecule has 72 valence electrons. The quantitative estimate of drug-likeness (QED) is 0.791. The van der Waals surface area contributed by atoms with Gasteiger partial charge in [-0.3, -0.25) is 0 Å². The van der Waals surface area contributed by atoms with E-state index >= 15 is 0 Å². The zero-order valence-corrected chi connectivity index (χ0v) is 7.40. The van der Waals surface area contributed by atoms with Gasteiger partial charge in [0.05, 0.1) is 6.20 Å². The number of halogens is 1. The fourth-order valence-corrected chi connectivity index (χ4v) is 1.18. The maximum Gasteiger partial charge on any atom is 0.211 e. The Bertz CT molecular complexity index is 422. The van der Waals surface area contributed by atoms with Gasteiger partial charge in [0.25, 0.3) is 0 Å². The smallest absolute Gasteiger partial charge is 0.211 e. The molecule has 0 aliphatic heterocycles. The molecular formula is C10H9FN2O. The molecule has 0 aliphatic rings. The average Bonchev–Trinajstić information content (AvgIpc) is 2.56. The normalized spacial score (nSPS) is 10.4. The number of anilines is 1. The van der Waals surface area contributed by atoms with E-state index in [-0.39, 0.29) is 5.82 Å². The summed E-state index contributed by atoms with van der Waals surface area (Å²) in [5.74, 6) is 0.580. The summed E-state index contributed by atoms with van der Waals surface area (Å²) in [6.07, 6.45) is 1.98. The standard InChI is InChI=1S/C10H9FN2O/c11-8-3-1-7(2-4-8)5-10-13-6-9(12)14-10/h1-4,6H,5,12H2. The minimum absolute atomic E-state index is 0.249. The van der Waals surface area contributed by atoms with Crippen molar-refractivity contribution in [2.24, 2.45) is 0 Å². The van der Waals surface area contributed by atoms with Gasteiger partial charge in [0.2, 0.25) is 11.8 Å². The fourth-order valence-electron chi connectivity index (χ4n) is 1.18. The highest BCUT2D eigenvalue weighted by atomic mass is 19.1. The highest BCUT2D eigenvalue weighted by Crippen LogP contribution is 2.11. The lowest BCUT2D eigenvalue weighted by Gasteiger charge is -1.96. The summed E-state index contributed by atoms with van der Waals surface area (Å²) in [5, 5.41) is 0. The van der Waals surface area contributed by atoms with E-state index in [0.717, 1.165) is 5.56 Å². The van der Waals surface area contributed by atoms with Gasteiger partial charge >= 0.3 is 0 Å². The lowest BCUT2D eigenvalue weighted by molar-refractivity contribution is 0.523. The van der Waals surface area contributed by atoms with Crippen molar-refractivity contribution in [1.29, 1.82) is 0 Å². The summed E-state index contributed by atoms with van der Waals surface area (Å²) in [6, 6.07) is 6.19. The predicted octanol–water partition coefficient (Wildman–Crippen LogP) is 1.99. The number of aromatic nitrogens is 1. The Kier molecular flexibility index (Phi) is 2.18. The molecule has 0 saturated carbocycles. The predicted molar refractivity (Wildman–Crippen MR) is 50.1 cm³/mol. The first-order valence-electron chi connectivity index (χ1n) is 4.18. The van der Waals surface area contributed by atoms with Crippen molar-refractivity contribution in [1.82, 2.24) is 4.98 Å². The van der Waals surface area contributed by atoms with Crippen molar-refractivity contribution < 1.29 is 8.81 Å². The van der Waals surface area contributed by atoms with Crippen molar-refractivity contribution >= 4 is 5.88 Å². The Morgan fingerprint density at radius 1 is 1.29 bits per heavy atom. The molecule has 0 bridgehead atoms. The van der Waals surface area contributed by atoms with Gasteiger partial charge in [-0.15, -0.1) is 0 Å². The third-order valence-electron chi connectivity index (χ3n) is 1.84. The van der Waals surface area contributed by atoms with Crippen molar-refractivity contribution in [3.05, 3.63) is 47.7 Å². The van der Waals surface area contributed by atoms with Crippen LogP contribution in [-0.2, 0) is 6.42 Å². The summed E-state index contributed by atoms with van der Waals surface area (Å²) in [5.41, 5.74) is 6.31. The first-order chi connectivity index (χ1) is 6.74. The van der Waals surface area contributed by atoms with Crippen molar-refractivity contribution in [2.75, 3.05) is 5.73 Å². The zero-order valence-electron chi connectivity index (χ0n) is 7.40. The molecule has 4 heteroatoms. The SMILES string of the molecule is Nc1cnc(Cc2ccc(F)cc2)o1. The Balaban J connectivity index is 2.15. The Morgan fingerprint density at radius 2 is 2.00 bits per heavy atom. The van der Waals surface area contributed by atoms with Gasteiger partial charge in [-0.25, -0.2) is 9.37 Å². The molecule has 1 aromatic carbocycles. The summed E-state index contributed by atoms with van der Waals surface area (Å²) >= 11 is 0. The summed E-state index contributed by atoms with van der Waals surface area (Å²) < 4.78 is 17.7.